The van der Waals surface area contributed by atoms with E-state index >= 15 is 0 Å². The van der Waals surface area contributed by atoms with Crippen LogP contribution >= 0.6 is 11.3 Å². The summed E-state index contributed by atoms with van der Waals surface area (Å²) in [7, 11) is -3.59. The van der Waals surface area contributed by atoms with Crippen LogP contribution in [0.4, 0.5) is 5.00 Å². The average Bonchev–Trinajstić information content (AvgIpc) is 3.11. The van der Waals surface area contributed by atoms with Gasteiger partial charge in [-0.25, -0.2) is 8.42 Å². The lowest BCUT2D eigenvalue weighted by Gasteiger charge is -2.25. The fraction of sp³-hybridized carbons (Fsp3) is 0.429. The minimum absolute atomic E-state index is 0.136. The third-order valence-corrected chi connectivity index (χ3v) is 8.71. The molecular weight excluding hydrogens is 436 g/mol. The molecular formula is C21H28N4O4S2. The van der Waals surface area contributed by atoms with Crippen LogP contribution < -0.4 is 11.1 Å². The molecule has 168 valence electrons. The molecule has 3 rings (SSSR count). The number of carbonyl (C=O) groups is 2. The van der Waals surface area contributed by atoms with Gasteiger partial charge >= 0.3 is 0 Å². The van der Waals surface area contributed by atoms with E-state index in [0.29, 0.717) is 35.6 Å². The first-order valence-electron chi connectivity index (χ1n) is 10.3. The predicted molar refractivity (Wildman–Crippen MR) is 122 cm³/mol. The number of rotatable bonds is 8. The highest BCUT2D eigenvalue weighted by molar-refractivity contribution is 7.89. The fourth-order valence-electron chi connectivity index (χ4n) is 3.74. The van der Waals surface area contributed by atoms with Gasteiger partial charge in [0.15, 0.2) is 0 Å². The summed E-state index contributed by atoms with van der Waals surface area (Å²) < 4.78 is 26.6. The Bertz CT molecular complexity index is 1070. The number of anilines is 1. The maximum Gasteiger partial charge on any atom is 0.256 e. The second-order valence-corrected chi connectivity index (χ2v) is 10.3. The zero-order valence-electron chi connectivity index (χ0n) is 18.0. The van der Waals surface area contributed by atoms with Gasteiger partial charge in [-0.2, -0.15) is 4.31 Å². The smallest absolute Gasteiger partial charge is 0.256 e. The lowest BCUT2D eigenvalue weighted by atomic mass is 10.0. The molecule has 2 amide bonds. The first-order chi connectivity index (χ1) is 14.7. The Morgan fingerprint density at radius 3 is 2.35 bits per heavy atom. The molecule has 0 unspecified atom stereocenters. The van der Waals surface area contributed by atoms with Crippen LogP contribution in [0.3, 0.4) is 0 Å². The number of primary amides is 1. The van der Waals surface area contributed by atoms with Crippen LogP contribution in [0, 0.1) is 0 Å². The van der Waals surface area contributed by atoms with E-state index in [2.05, 4.69) is 17.1 Å². The quantitative estimate of drug-likeness (QED) is 0.623. The van der Waals surface area contributed by atoms with Crippen molar-refractivity contribution in [2.75, 3.05) is 31.5 Å². The van der Waals surface area contributed by atoms with Crippen molar-refractivity contribution in [3.8, 4) is 0 Å². The van der Waals surface area contributed by atoms with E-state index in [9.17, 15) is 18.0 Å². The molecule has 8 nitrogen and oxygen atoms in total. The molecule has 0 saturated heterocycles. The fourth-order valence-corrected chi connectivity index (χ4v) is 6.49. The maximum absolute atomic E-state index is 12.8. The van der Waals surface area contributed by atoms with Crippen molar-refractivity contribution in [3.63, 3.8) is 0 Å². The number of carbonyl (C=O) groups excluding carboxylic acids is 2. The van der Waals surface area contributed by atoms with Gasteiger partial charge in [0.25, 0.3) is 11.8 Å². The van der Waals surface area contributed by atoms with Crippen molar-refractivity contribution in [3.05, 3.63) is 45.8 Å². The SMILES string of the molecule is CCN1CCc2c(sc(NC(=O)c3ccc(S(=O)(=O)N(CC)CC)cc3)c2C(N)=O)C1. The molecule has 2 heterocycles. The Morgan fingerprint density at radius 1 is 1.16 bits per heavy atom. The van der Waals surface area contributed by atoms with Gasteiger partial charge in [-0.05, 0) is 42.8 Å². The molecule has 1 aliphatic heterocycles. The number of hydrogen-bond acceptors (Lipinski definition) is 6. The zero-order chi connectivity index (χ0) is 22.8. The van der Waals surface area contributed by atoms with Crippen molar-refractivity contribution < 1.29 is 18.0 Å². The summed E-state index contributed by atoms with van der Waals surface area (Å²) in [5, 5.41) is 3.25. The molecule has 31 heavy (non-hydrogen) atoms. The number of benzene rings is 1. The Hall–Kier alpha value is -2.27. The van der Waals surface area contributed by atoms with Crippen LogP contribution in [-0.2, 0) is 23.0 Å². The van der Waals surface area contributed by atoms with E-state index in [0.717, 1.165) is 30.1 Å². The van der Waals surface area contributed by atoms with Crippen molar-refractivity contribution in [1.29, 1.82) is 0 Å². The van der Waals surface area contributed by atoms with Gasteiger partial charge < -0.3 is 11.1 Å². The Kier molecular flexibility index (Phi) is 7.15. The minimum Gasteiger partial charge on any atom is -0.365 e. The Labute approximate surface area is 187 Å². The monoisotopic (exact) mass is 464 g/mol. The van der Waals surface area contributed by atoms with Crippen LogP contribution in [0.25, 0.3) is 0 Å². The number of nitrogens with one attached hydrogen (secondary N) is 1. The second-order valence-electron chi connectivity index (χ2n) is 7.26. The van der Waals surface area contributed by atoms with Gasteiger partial charge in [0.1, 0.15) is 5.00 Å². The van der Waals surface area contributed by atoms with Crippen LogP contribution in [0.5, 0.6) is 0 Å². The molecule has 1 aromatic carbocycles. The van der Waals surface area contributed by atoms with Gasteiger partial charge in [-0.3, -0.25) is 14.5 Å². The summed E-state index contributed by atoms with van der Waals surface area (Å²) >= 11 is 1.37. The van der Waals surface area contributed by atoms with Gasteiger partial charge in [-0.15, -0.1) is 11.3 Å². The van der Waals surface area contributed by atoms with Crippen LogP contribution in [0.1, 0.15) is 51.9 Å². The molecule has 3 N–H and O–H groups in total. The highest BCUT2D eigenvalue weighted by Gasteiger charge is 2.27. The van der Waals surface area contributed by atoms with E-state index in [1.165, 1.54) is 39.9 Å². The second kappa shape index (κ2) is 9.47. The number of nitrogens with zero attached hydrogens (tertiary/aromatic N) is 2. The van der Waals surface area contributed by atoms with Crippen molar-refractivity contribution in [2.24, 2.45) is 5.73 Å². The summed E-state index contributed by atoms with van der Waals surface area (Å²) in [6.07, 6.45) is 0.714. The van der Waals surface area contributed by atoms with E-state index in [4.69, 9.17) is 5.73 Å². The highest BCUT2D eigenvalue weighted by Crippen LogP contribution is 2.37. The standard InChI is InChI=1S/C21H28N4O4S2/c1-4-24-12-11-16-17(13-24)30-21(18(16)19(22)26)23-20(27)14-7-9-15(10-8-14)31(28,29)25(5-2)6-3/h7-10H,4-6,11-13H2,1-3H3,(H2,22,26)(H,23,27). The van der Waals surface area contributed by atoms with E-state index < -0.39 is 21.8 Å². The highest BCUT2D eigenvalue weighted by atomic mass is 32.2. The average molecular weight is 465 g/mol. The summed E-state index contributed by atoms with van der Waals surface area (Å²) in [6, 6.07) is 5.80. The Balaban J connectivity index is 1.84. The number of hydrogen-bond donors (Lipinski definition) is 2. The molecule has 10 heteroatoms. The molecule has 0 aliphatic carbocycles. The van der Waals surface area contributed by atoms with Crippen molar-refractivity contribution >= 4 is 38.2 Å². The van der Waals surface area contributed by atoms with Crippen molar-refractivity contribution in [2.45, 2.75) is 38.6 Å². The molecule has 1 aliphatic rings. The number of nitrogens with two attached hydrogens (primary N) is 1. The molecule has 0 saturated carbocycles. The van der Waals surface area contributed by atoms with Crippen molar-refractivity contribution in [1.82, 2.24) is 9.21 Å². The van der Waals surface area contributed by atoms with Gasteiger partial charge in [-0.1, -0.05) is 20.8 Å². The third-order valence-electron chi connectivity index (χ3n) is 5.52. The molecule has 0 atom stereocenters. The van der Waals surface area contributed by atoms with Crippen LogP contribution in [-0.4, -0.2) is 55.6 Å². The van der Waals surface area contributed by atoms with Crippen LogP contribution in [0.2, 0.25) is 0 Å². The number of sulfonamides is 1. The largest absolute Gasteiger partial charge is 0.365 e. The minimum atomic E-state index is -3.59. The lowest BCUT2D eigenvalue weighted by Crippen LogP contribution is -2.30. The molecule has 0 bridgehead atoms. The van der Waals surface area contributed by atoms with Crippen LogP contribution in [0.15, 0.2) is 29.2 Å². The molecule has 0 fully saturated rings. The summed E-state index contributed by atoms with van der Waals surface area (Å²) in [4.78, 5) is 28.3. The third kappa shape index (κ3) is 4.67. The number of amides is 2. The number of likely N-dealkylation sites (N-methyl/N-ethyl adjacent to an activating group) is 1. The normalized spacial score (nSPS) is 14.5. The first-order valence-corrected chi connectivity index (χ1v) is 12.6. The molecule has 0 spiro atoms. The predicted octanol–water partition coefficient (Wildman–Crippen LogP) is 2.51. The molecule has 0 radical (unpaired) electrons. The summed E-state index contributed by atoms with van der Waals surface area (Å²) in [5.74, 6) is -0.973. The maximum atomic E-state index is 12.8. The van der Waals surface area contributed by atoms with E-state index in [1.807, 2.05) is 0 Å². The van der Waals surface area contributed by atoms with E-state index in [-0.39, 0.29) is 4.90 Å². The van der Waals surface area contributed by atoms with Gasteiger partial charge in [0.05, 0.1) is 10.5 Å². The number of thiophene rings is 1. The zero-order valence-corrected chi connectivity index (χ0v) is 19.6. The molecule has 1 aromatic heterocycles. The Morgan fingerprint density at radius 2 is 1.81 bits per heavy atom. The van der Waals surface area contributed by atoms with Gasteiger partial charge in [0.2, 0.25) is 10.0 Å². The van der Waals surface area contributed by atoms with E-state index in [1.54, 1.807) is 13.8 Å². The lowest BCUT2D eigenvalue weighted by molar-refractivity contribution is 0.1000. The summed E-state index contributed by atoms with van der Waals surface area (Å²) in [5.41, 5.74) is 7.21. The first kappa shape index (κ1) is 23.4. The molecule has 2 aromatic rings. The number of fused-ring (bicyclic) bond motifs is 1. The van der Waals surface area contributed by atoms with Gasteiger partial charge in [0, 0.05) is 36.6 Å². The topological polar surface area (TPSA) is 113 Å². The summed E-state index contributed by atoms with van der Waals surface area (Å²) in [6.45, 7) is 8.86.